The van der Waals surface area contributed by atoms with E-state index in [2.05, 4.69) is 25.6 Å². The zero-order valence-corrected chi connectivity index (χ0v) is 13.0. The van der Waals surface area contributed by atoms with Gasteiger partial charge in [0, 0.05) is 29.0 Å². The van der Waals surface area contributed by atoms with Crippen LogP contribution in [0.3, 0.4) is 0 Å². The van der Waals surface area contributed by atoms with Gasteiger partial charge in [0.25, 0.3) is 0 Å². The van der Waals surface area contributed by atoms with Gasteiger partial charge in [0.05, 0.1) is 0 Å². The minimum atomic E-state index is -3.85. The molecule has 20 heavy (non-hydrogen) atoms. The first-order chi connectivity index (χ1) is 9.40. The highest BCUT2D eigenvalue weighted by Gasteiger charge is 2.20. The Bertz CT molecular complexity index is 754. The Morgan fingerprint density at radius 1 is 1.20 bits per heavy atom. The molecule has 2 aromatic rings. The summed E-state index contributed by atoms with van der Waals surface area (Å²) in [5.74, 6) is 0. The molecule has 2 N–H and O–H groups in total. The first-order valence-electron chi connectivity index (χ1n) is 5.85. The Kier molecular flexibility index (Phi) is 4.42. The van der Waals surface area contributed by atoms with Crippen LogP contribution >= 0.6 is 15.9 Å². The summed E-state index contributed by atoms with van der Waals surface area (Å²) in [5.41, 5.74) is 0.267. The molecular formula is C13H13BrN2O3S. The van der Waals surface area contributed by atoms with Crippen LogP contribution in [0.25, 0.3) is 0 Å². The monoisotopic (exact) mass is 356 g/mol. The fourth-order valence-electron chi connectivity index (χ4n) is 1.73. The summed E-state index contributed by atoms with van der Waals surface area (Å²) >= 11 is 3.32. The Morgan fingerprint density at radius 3 is 2.45 bits per heavy atom. The molecule has 0 aliphatic carbocycles. The van der Waals surface area contributed by atoms with E-state index in [-0.39, 0.29) is 4.90 Å². The van der Waals surface area contributed by atoms with E-state index in [1.165, 1.54) is 18.5 Å². The molecule has 0 radical (unpaired) electrons. The van der Waals surface area contributed by atoms with Crippen LogP contribution < -0.4 is 10.2 Å². The number of rotatable bonds is 4. The predicted molar refractivity (Wildman–Crippen MR) is 79.9 cm³/mol. The van der Waals surface area contributed by atoms with Crippen molar-refractivity contribution in [3.63, 3.8) is 0 Å². The lowest BCUT2D eigenvalue weighted by atomic mass is 10.1. The maximum absolute atomic E-state index is 12.2. The molecule has 1 aromatic heterocycles. The highest BCUT2D eigenvalue weighted by molar-refractivity contribution is 9.10. The Labute approximate surface area is 125 Å². The van der Waals surface area contributed by atoms with E-state index in [0.717, 1.165) is 10.0 Å². The lowest BCUT2D eigenvalue weighted by Crippen LogP contribution is -2.30. The van der Waals surface area contributed by atoms with Crippen molar-refractivity contribution in [3.05, 3.63) is 63.0 Å². The van der Waals surface area contributed by atoms with Gasteiger partial charge in [-0.15, -0.1) is 0 Å². The molecule has 106 valence electrons. The normalized spacial score (nSPS) is 13.1. The van der Waals surface area contributed by atoms with Gasteiger partial charge in [0.2, 0.25) is 15.5 Å². The minimum absolute atomic E-state index is 0.288. The van der Waals surface area contributed by atoms with E-state index in [4.69, 9.17) is 0 Å². The highest BCUT2D eigenvalue weighted by Crippen LogP contribution is 2.18. The van der Waals surface area contributed by atoms with Crippen molar-refractivity contribution in [3.8, 4) is 0 Å². The fraction of sp³-hybridized carbons (Fsp3) is 0.154. The summed E-state index contributed by atoms with van der Waals surface area (Å²) in [4.78, 5) is 13.9. The Balaban J connectivity index is 2.27. The average molecular weight is 357 g/mol. The molecule has 1 unspecified atom stereocenters. The maximum atomic E-state index is 12.2. The van der Waals surface area contributed by atoms with Gasteiger partial charge in [-0.25, -0.2) is 13.1 Å². The van der Waals surface area contributed by atoms with Crippen molar-refractivity contribution in [1.82, 2.24) is 9.71 Å². The van der Waals surface area contributed by atoms with Crippen molar-refractivity contribution in [1.29, 1.82) is 0 Å². The van der Waals surface area contributed by atoms with Gasteiger partial charge in [-0.05, 0) is 24.6 Å². The molecule has 0 saturated carbocycles. The van der Waals surface area contributed by atoms with Gasteiger partial charge in [-0.3, -0.25) is 4.79 Å². The standard InChI is InChI=1S/C13H13BrN2O3S/c1-9(10-2-4-11(14)5-3-10)16-20(18,19)13-8-15-7-6-12(13)17/h2-9,16H,1H3,(H,15,17). The summed E-state index contributed by atoms with van der Waals surface area (Å²) in [5, 5.41) is 0. The summed E-state index contributed by atoms with van der Waals surface area (Å²) in [6.07, 6.45) is 2.57. The molecule has 5 nitrogen and oxygen atoms in total. The Morgan fingerprint density at radius 2 is 1.85 bits per heavy atom. The summed E-state index contributed by atoms with van der Waals surface area (Å²) < 4.78 is 27.7. The van der Waals surface area contributed by atoms with Crippen LogP contribution in [0.15, 0.2) is 56.9 Å². The number of sulfonamides is 1. The third kappa shape index (κ3) is 3.36. The third-order valence-corrected chi connectivity index (χ3v) is 4.87. The number of halogens is 1. The minimum Gasteiger partial charge on any atom is -0.366 e. The molecule has 1 aromatic carbocycles. The van der Waals surface area contributed by atoms with E-state index in [1.807, 2.05) is 24.3 Å². The van der Waals surface area contributed by atoms with Gasteiger partial charge >= 0.3 is 0 Å². The number of pyridine rings is 1. The van der Waals surface area contributed by atoms with Crippen LogP contribution in [-0.2, 0) is 10.0 Å². The molecule has 0 fully saturated rings. The largest absolute Gasteiger partial charge is 0.366 e. The Hall–Kier alpha value is -1.44. The second-order valence-corrected chi connectivity index (χ2v) is 6.87. The smallest absolute Gasteiger partial charge is 0.246 e. The number of benzene rings is 1. The van der Waals surface area contributed by atoms with E-state index >= 15 is 0 Å². The summed E-state index contributed by atoms with van der Waals surface area (Å²) in [6.45, 7) is 1.72. The zero-order chi connectivity index (χ0) is 14.8. The average Bonchev–Trinajstić information content (AvgIpc) is 2.39. The number of nitrogens with one attached hydrogen (secondary N) is 2. The first kappa shape index (κ1) is 15.0. The molecule has 0 saturated heterocycles. The van der Waals surface area contributed by atoms with Crippen LogP contribution in [0.4, 0.5) is 0 Å². The van der Waals surface area contributed by atoms with Gasteiger partial charge in [-0.1, -0.05) is 28.1 Å². The molecular weight excluding hydrogens is 344 g/mol. The van der Waals surface area contributed by atoms with Gasteiger partial charge in [-0.2, -0.15) is 0 Å². The van der Waals surface area contributed by atoms with Gasteiger partial charge < -0.3 is 4.98 Å². The predicted octanol–water partition coefficient (Wildman–Crippen LogP) is 2.18. The number of aromatic nitrogens is 1. The van der Waals surface area contributed by atoms with Crippen molar-refractivity contribution in [2.45, 2.75) is 17.9 Å². The lowest BCUT2D eigenvalue weighted by Gasteiger charge is -2.14. The molecule has 2 rings (SSSR count). The SMILES string of the molecule is CC(NS(=O)(=O)c1c[nH]ccc1=O)c1ccc(Br)cc1. The lowest BCUT2D eigenvalue weighted by molar-refractivity contribution is 0.565. The van der Waals surface area contributed by atoms with Crippen LogP contribution in [0.1, 0.15) is 18.5 Å². The van der Waals surface area contributed by atoms with Gasteiger partial charge in [0.1, 0.15) is 4.90 Å². The van der Waals surface area contributed by atoms with Crippen molar-refractivity contribution in [2.24, 2.45) is 0 Å². The third-order valence-electron chi connectivity index (χ3n) is 2.78. The van der Waals surface area contributed by atoms with E-state index in [1.54, 1.807) is 6.92 Å². The molecule has 0 spiro atoms. The van der Waals surface area contributed by atoms with E-state index < -0.39 is 21.5 Å². The molecule has 1 atom stereocenters. The van der Waals surface area contributed by atoms with Crippen molar-refractivity contribution < 1.29 is 8.42 Å². The van der Waals surface area contributed by atoms with Gasteiger partial charge in [0.15, 0.2) is 0 Å². The molecule has 0 aliphatic heterocycles. The summed E-state index contributed by atoms with van der Waals surface area (Å²) in [6, 6.07) is 8.02. The number of hydrogen-bond donors (Lipinski definition) is 2. The van der Waals surface area contributed by atoms with Crippen LogP contribution in [0, 0.1) is 0 Å². The number of aromatic amines is 1. The molecule has 0 aliphatic rings. The zero-order valence-electron chi connectivity index (χ0n) is 10.6. The molecule has 0 bridgehead atoms. The van der Waals surface area contributed by atoms with Crippen molar-refractivity contribution in [2.75, 3.05) is 0 Å². The van der Waals surface area contributed by atoms with E-state index in [9.17, 15) is 13.2 Å². The maximum Gasteiger partial charge on any atom is 0.246 e. The second-order valence-electron chi connectivity index (χ2n) is 4.27. The number of hydrogen-bond acceptors (Lipinski definition) is 3. The summed E-state index contributed by atoms with van der Waals surface area (Å²) in [7, 11) is -3.85. The highest BCUT2D eigenvalue weighted by atomic mass is 79.9. The van der Waals surface area contributed by atoms with Crippen molar-refractivity contribution >= 4 is 26.0 Å². The first-order valence-corrected chi connectivity index (χ1v) is 8.12. The van der Waals surface area contributed by atoms with Crippen LogP contribution in [-0.4, -0.2) is 13.4 Å². The van der Waals surface area contributed by atoms with Crippen LogP contribution in [0.5, 0.6) is 0 Å². The quantitative estimate of drug-likeness (QED) is 0.880. The fourth-order valence-corrected chi connectivity index (χ4v) is 3.28. The number of H-pyrrole nitrogens is 1. The van der Waals surface area contributed by atoms with E-state index in [0.29, 0.717) is 0 Å². The second kappa shape index (κ2) is 5.90. The van der Waals surface area contributed by atoms with Crippen LogP contribution in [0.2, 0.25) is 0 Å². The topological polar surface area (TPSA) is 79.0 Å². The molecule has 7 heteroatoms. The molecule has 0 amide bonds. The molecule has 1 heterocycles.